The van der Waals surface area contributed by atoms with Gasteiger partial charge < -0.3 is 5.32 Å². The van der Waals surface area contributed by atoms with Crippen LogP contribution in [-0.2, 0) is 0 Å². The van der Waals surface area contributed by atoms with Crippen LogP contribution in [0.5, 0.6) is 0 Å². The minimum absolute atomic E-state index is 0.0329. The molecule has 2 rings (SSSR count). The number of rotatable bonds is 4. The van der Waals surface area contributed by atoms with Crippen molar-refractivity contribution in [3.63, 3.8) is 0 Å². The monoisotopic (exact) mass is 361 g/mol. The Morgan fingerprint density at radius 2 is 2.16 bits per heavy atom. The van der Waals surface area contributed by atoms with Crippen molar-refractivity contribution in [3.8, 4) is 0 Å². The van der Waals surface area contributed by atoms with Crippen LogP contribution in [0.2, 0.25) is 4.34 Å². The Labute approximate surface area is 129 Å². The summed E-state index contributed by atoms with van der Waals surface area (Å²) in [6, 6.07) is 6.84. The van der Waals surface area contributed by atoms with E-state index in [1.807, 2.05) is 19.9 Å². The number of nitrogens with one attached hydrogen (secondary N) is 1. The number of benzene rings is 1. The predicted molar refractivity (Wildman–Crippen MR) is 83.7 cm³/mol. The van der Waals surface area contributed by atoms with E-state index in [2.05, 4.69) is 21.2 Å². The summed E-state index contributed by atoms with van der Waals surface area (Å²) in [5, 5.41) is 3.39. The van der Waals surface area contributed by atoms with E-state index in [1.165, 1.54) is 17.4 Å². The van der Waals surface area contributed by atoms with Crippen LogP contribution in [0, 0.1) is 12.7 Å². The zero-order chi connectivity index (χ0) is 14.0. The molecule has 0 aliphatic rings. The van der Waals surface area contributed by atoms with E-state index in [1.54, 1.807) is 12.1 Å². The van der Waals surface area contributed by atoms with E-state index in [0.29, 0.717) is 4.34 Å². The van der Waals surface area contributed by atoms with Crippen LogP contribution in [0.1, 0.15) is 29.0 Å². The number of hydrogen-bond donors (Lipinski definition) is 1. The van der Waals surface area contributed by atoms with Gasteiger partial charge in [-0.3, -0.25) is 0 Å². The molecule has 1 N–H and O–H groups in total. The molecule has 0 saturated heterocycles. The van der Waals surface area contributed by atoms with Gasteiger partial charge >= 0.3 is 0 Å². The van der Waals surface area contributed by atoms with Crippen molar-refractivity contribution < 1.29 is 4.39 Å². The normalized spacial score (nSPS) is 12.7. The third-order valence-electron chi connectivity index (χ3n) is 2.91. The molecule has 1 atom stereocenters. The molecule has 0 saturated carbocycles. The number of aryl methyl sites for hydroxylation is 1. The molecule has 5 heteroatoms. The summed E-state index contributed by atoms with van der Waals surface area (Å²) >= 11 is 11.0. The summed E-state index contributed by atoms with van der Waals surface area (Å²) < 4.78 is 15.1. The maximum atomic E-state index is 13.5. The van der Waals surface area contributed by atoms with Crippen LogP contribution in [0.4, 0.5) is 4.39 Å². The first-order valence-corrected chi connectivity index (χ1v) is 7.95. The van der Waals surface area contributed by atoms with Gasteiger partial charge in [-0.2, -0.15) is 0 Å². The highest BCUT2D eigenvalue weighted by Gasteiger charge is 2.19. The molecule has 1 aromatic heterocycles. The lowest BCUT2D eigenvalue weighted by molar-refractivity contribution is 0.604. The molecule has 0 amide bonds. The topological polar surface area (TPSA) is 12.0 Å². The molecule has 0 radical (unpaired) electrons. The van der Waals surface area contributed by atoms with Crippen molar-refractivity contribution in [2.24, 2.45) is 0 Å². The molecule has 0 fully saturated rings. The van der Waals surface area contributed by atoms with Gasteiger partial charge in [0.15, 0.2) is 0 Å². The quantitative estimate of drug-likeness (QED) is 0.777. The van der Waals surface area contributed by atoms with Gasteiger partial charge in [-0.25, -0.2) is 4.39 Å². The molecular weight excluding hydrogens is 349 g/mol. The molecule has 0 aliphatic carbocycles. The molecule has 102 valence electrons. The van der Waals surface area contributed by atoms with Gasteiger partial charge in [0.05, 0.1) is 6.04 Å². The lowest BCUT2D eigenvalue weighted by Gasteiger charge is -2.19. The standard InChI is InChI=1S/C14H14BrClFNS/c1-3-18-13(12-7-11(15)14(16)19-12)10-6-9(17)5-4-8(10)2/h4-7,13,18H,3H2,1-2H3. The van der Waals surface area contributed by atoms with Crippen LogP contribution in [0.25, 0.3) is 0 Å². The van der Waals surface area contributed by atoms with Crippen LogP contribution >= 0.6 is 38.9 Å². The Morgan fingerprint density at radius 3 is 2.74 bits per heavy atom. The van der Waals surface area contributed by atoms with Gasteiger partial charge in [0, 0.05) is 9.35 Å². The van der Waals surface area contributed by atoms with Crippen LogP contribution < -0.4 is 5.32 Å². The molecule has 19 heavy (non-hydrogen) atoms. The van der Waals surface area contributed by atoms with Gasteiger partial charge in [-0.05, 0) is 58.7 Å². The number of hydrogen-bond acceptors (Lipinski definition) is 2. The van der Waals surface area contributed by atoms with E-state index in [9.17, 15) is 4.39 Å². The van der Waals surface area contributed by atoms with Crippen molar-refractivity contribution >= 4 is 38.9 Å². The average Bonchev–Trinajstić information content (AvgIpc) is 2.70. The van der Waals surface area contributed by atoms with E-state index in [-0.39, 0.29) is 11.9 Å². The predicted octanol–water partition coefficient (Wildman–Crippen LogP) is 5.31. The third kappa shape index (κ3) is 3.37. The largest absolute Gasteiger partial charge is 0.306 e. The number of thiophene rings is 1. The fourth-order valence-corrected chi connectivity index (χ4v) is 3.83. The van der Waals surface area contributed by atoms with Gasteiger partial charge in [0.25, 0.3) is 0 Å². The summed E-state index contributed by atoms with van der Waals surface area (Å²) in [5.74, 6) is -0.217. The van der Waals surface area contributed by atoms with Crippen molar-refractivity contribution in [1.82, 2.24) is 5.32 Å². The first-order chi connectivity index (χ1) is 9.02. The molecule has 0 spiro atoms. The van der Waals surface area contributed by atoms with Crippen LogP contribution in [0.15, 0.2) is 28.7 Å². The third-order valence-corrected chi connectivity index (χ3v) is 5.45. The second-order valence-corrected chi connectivity index (χ2v) is 6.80. The van der Waals surface area contributed by atoms with Crippen LogP contribution in [0.3, 0.4) is 0 Å². The van der Waals surface area contributed by atoms with Crippen molar-refractivity contribution in [2.45, 2.75) is 19.9 Å². The highest BCUT2D eigenvalue weighted by atomic mass is 79.9. The summed E-state index contributed by atoms with van der Waals surface area (Å²) in [6.07, 6.45) is 0. The molecule has 1 unspecified atom stereocenters. The number of halogens is 3. The molecule has 2 aromatic rings. The van der Waals surface area contributed by atoms with Crippen LogP contribution in [-0.4, -0.2) is 6.54 Å². The van der Waals surface area contributed by atoms with E-state index < -0.39 is 0 Å². The zero-order valence-corrected chi connectivity index (χ0v) is 13.8. The Hall–Kier alpha value is -0.420. The first-order valence-electron chi connectivity index (χ1n) is 5.97. The Balaban J connectivity index is 2.47. The molecule has 1 nitrogen and oxygen atoms in total. The second-order valence-electron chi connectivity index (χ2n) is 4.26. The molecule has 1 aromatic carbocycles. The molecule has 1 heterocycles. The average molecular weight is 363 g/mol. The lowest BCUT2D eigenvalue weighted by atomic mass is 10.00. The SMILES string of the molecule is CCNC(c1cc(Br)c(Cl)s1)c1cc(F)ccc1C. The maximum absolute atomic E-state index is 13.5. The van der Waals surface area contributed by atoms with Gasteiger partial charge in [-0.15, -0.1) is 11.3 Å². The summed E-state index contributed by atoms with van der Waals surface area (Å²) in [4.78, 5) is 1.08. The van der Waals surface area contributed by atoms with Gasteiger partial charge in [0.2, 0.25) is 0 Å². The Bertz CT molecular complexity index is 565. The second kappa shape index (κ2) is 6.35. The summed E-state index contributed by atoms with van der Waals surface area (Å²) in [7, 11) is 0. The zero-order valence-electron chi connectivity index (χ0n) is 10.6. The Kier molecular flexibility index (Phi) is 5.01. The maximum Gasteiger partial charge on any atom is 0.123 e. The fourth-order valence-electron chi connectivity index (χ4n) is 2.00. The summed E-state index contributed by atoms with van der Waals surface area (Å²) in [6.45, 7) is 4.82. The van der Waals surface area contributed by atoms with Crippen molar-refractivity contribution in [3.05, 3.63) is 54.9 Å². The van der Waals surface area contributed by atoms with E-state index >= 15 is 0 Å². The van der Waals surface area contributed by atoms with Crippen molar-refractivity contribution in [2.75, 3.05) is 6.54 Å². The van der Waals surface area contributed by atoms with Gasteiger partial charge in [-0.1, -0.05) is 24.6 Å². The summed E-state index contributed by atoms with van der Waals surface area (Å²) in [5.41, 5.74) is 2.01. The first kappa shape index (κ1) is 15.0. The highest BCUT2D eigenvalue weighted by molar-refractivity contribution is 9.10. The van der Waals surface area contributed by atoms with E-state index in [4.69, 9.17) is 11.6 Å². The molecule has 0 bridgehead atoms. The molecular formula is C14H14BrClFNS. The lowest BCUT2D eigenvalue weighted by Crippen LogP contribution is -2.22. The minimum atomic E-state index is -0.217. The van der Waals surface area contributed by atoms with E-state index in [0.717, 1.165) is 27.0 Å². The van der Waals surface area contributed by atoms with Gasteiger partial charge in [0.1, 0.15) is 10.2 Å². The fraction of sp³-hybridized carbons (Fsp3) is 0.286. The Morgan fingerprint density at radius 1 is 1.42 bits per heavy atom. The molecule has 0 aliphatic heterocycles. The highest BCUT2D eigenvalue weighted by Crippen LogP contribution is 2.38. The van der Waals surface area contributed by atoms with Crippen molar-refractivity contribution in [1.29, 1.82) is 0 Å². The smallest absolute Gasteiger partial charge is 0.123 e. The minimum Gasteiger partial charge on any atom is -0.306 e.